The van der Waals surface area contributed by atoms with Crippen LogP contribution >= 0.6 is 11.6 Å². The number of hydrogen-bond donors (Lipinski definition) is 2. The second-order valence-electron chi connectivity index (χ2n) is 5.02. The van der Waals surface area contributed by atoms with Crippen molar-refractivity contribution in [2.75, 3.05) is 10.6 Å². The first-order valence-corrected chi connectivity index (χ1v) is 7.52. The van der Waals surface area contributed by atoms with Crippen molar-refractivity contribution in [1.29, 1.82) is 0 Å². The molecule has 0 saturated carbocycles. The van der Waals surface area contributed by atoms with Crippen molar-refractivity contribution < 1.29 is 13.6 Å². The number of nitrogens with one attached hydrogen (secondary N) is 2. The summed E-state index contributed by atoms with van der Waals surface area (Å²) in [5, 5.41) is 13.4. The lowest BCUT2D eigenvalue weighted by Crippen LogP contribution is -2.13. The number of benzene rings is 2. The Balaban J connectivity index is 1.69. The summed E-state index contributed by atoms with van der Waals surface area (Å²) in [6.45, 7) is 0. The number of amides is 1. The normalized spacial score (nSPS) is 10.4. The van der Waals surface area contributed by atoms with Crippen LogP contribution in [0.25, 0.3) is 0 Å². The molecule has 2 aromatic carbocycles. The Hall–Kier alpha value is -3.06. The van der Waals surface area contributed by atoms with E-state index in [1.54, 1.807) is 18.2 Å². The summed E-state index contributed by atoms with van der Waals surface area (Å²) < 4.78 is 26.5. The number of rotatable bonds is 4. The smallest absolute Gasteiger partial charge is 0.256 e. The molecular weight excluding hydrogens is 350 g/mol. The van der Waals surface area contributed by atoms with E-state index in [2.05, 4.69) is 20.8 Å². The lowest BCUT2D eigenvalue weighted by Gasteiger charge is -2.08. The Morgan fingerprint density at radius 2 is 1.72 bits per heavy atom. The first-order valence-electron chi connectivity index (χ1n) is 7.14. The van der Waals surface area contributed by atoms with Crippen LogP contribution in [0.1, 0.15) is 10.4 Å². The Bertz CT molecular complexity index is 919. The molecule has 1 aromatic heterocycles. The summed E-state index contributed by atoms with van der Waals surface area (Å²) in [5.74, 6) is -1.35. The molecule has 0 aliphatic carbocycles. The van der Waals surface area contributed by atoms with E-state index in [-0.39, 0.29) is 23.2 Å². The number of nitrogens with zero attached hydrogens (tertiary/aromatic N) is 2. The highest BCUT2D eigenvalue weighted by atomic mass is 35.5. The number of anilines is 3. The zero-order chi connectivity index (χ0) is 17.8. The number of hydrogen-bond acceptors (Lipinski definition) is 4. The van der Waals surface area contributed by atoms with E-state index < -0.39 is 11.6 Å². The van der Waals surface area contributed by atoms with Crippen LogP contribution in [0.2, 0.25) is 5.02 Å². The third-order valence-corrected chi connectivity index (χ3v) is 3.42. The van der Waals surface area contributed by atoms with Crippen LogP contribution in [0.5, 0.6) is 0 Å². The third-order valence-electron chi connectivity index (χ3n) is 3.19. The van der Waals surface area contributed by atoms with Crippen LogP contribution < -0.4 is 10.6 Å². The molecule has 0 atom stereocenters. The van der Waals surface area contributed by atoms with Crippen LogP contribution in [-0.2, 0) is 0 Å². The van der Waals surface area contributed by atoms with E-state index in [4.69, 9.17) is 11.6 Å². The summed E-state index contributed by atoms with van der Waals surface area (Å²) >= 11 is 5.84. The van der Waals surface area contributed by atoms with Gasteiger partial charge >= 0.3 is 0 Å². The zero-order valence-corrected chi connectivity index (χ0v) is 13.4. The van der Waals surface area contributed by atoms with E-state index in [0.717, 1.165) is 12.1 Å². The van der Waals surface area contributed by atoms with Gasteiger partial charge in [0.1, 0.15) is 11.6 Å². The molecule has 126 valence electrons. The molecule has 3 aromatic rings. The van der Waals surface area contributed by atoms with Gasteiger partial charge in [-0.3, -0.25) is 4.79 Å². The highest BCUT2D eigenvalue weighted by Crippen LogP contribution is 2.19. The number of halogens is 3. The summed E-state index contributed by atoms with van der Waals surface area (Å²) in [7, 11) is 0. The van der Waals surface area contributed by atoms with Gasteiger partial charge in [-0.15, -0.1) is 10.2 Å². The first-order chi connectivity index (χ1) is 12.0. The van der Waals surface area contributed by atoms with E-state index >= 15 is 0 Å². The highest BCUT2D eigenvalue weighted by molar-refractivity contribution is 6.31. The summed E-state index contributed by atoms with van der Waals surface area (Å²) in [4.78, 5) is 12.1. The van der Waals surface area contributed by atoms with Crippen molar-refractivity contribution >= 4 is 34.8 Å². The Morgan fingerprint density at radius 1 is 0.960 bits per heavy atom. The minimum absolute atomic E-state index is 0.0615. The maximum atomic E-state index is 13.6. The van der Waals surface area contributed by atoms with Crippen molar-refractivity contribution in [1.82, 2.24) is 10.2 Å². The van der Waals surface area contributed by atoms with Crippen LogP contribution in [0.3, 0.4) is 0 Å². The SMILES string of the molecule is O=C(Nc1ccc(Nc2ccc(F)cc2F)nn1)c1cccc(Cl)c1. The Morgan fingerprint density at radius 3 is 2.40 bits per heavy atom. The van der Waals surface area contributed by atoms with Gasteiger partial charge < -0.3 is 10.6 Å². The summed E-state index contributed by atoms with van der Waals surface area (Å²) in [6, 6.07) is 12.6. The van der Waals surface area contributed by atoms with Crippen molar-refractivity contribution in [3.05, 3.63) is 76.8 Å². The van der Waals surface area contributed by atoms with E-state index in [0.29, 0.717) is 10.6 Å². The van der Waals surface area contributed by atoms with Crippen LogP contribution in [0, 0.1) is 11.6 Å². The predicted octanol–water partition coefficient (Wildman–Crippen LogP) is 4.40. The van der Waals surface area contributed by atoms with E-state index in [1.165, 1.54) is 24.3 Å². The molecule has 0 aliphatic heterocycles. The molecule has 25 heavy (non-hydrogen) atoms. The molecule has 0 unspecified atom stereocenters. The zero-order valence-electron chi connectivity index (χ0n) is 12.6. The number of carbonyl (C=O) groups is 1. The molecule has 1 amide bonds. The minimum atomic E-state index is -0.750. The van der Waals surface area contributed by atoms with Crippen LogP contribution in [-0.4, -0.2) is 16.1 Å². The molecule has 1 heterocycles. The summed E-state index contributed by atoms with van der Waals surface area (Å²) in [5.41, 5.74) is 0.441. The molecule has 0 aliphatic rings. The molecule has 3 rings (SSSR count). The number of carbonyl (C=O) groups excluding carboxylic acids is 1. The average Bonchev–Trinajstić information content (AvgIpc) is 2.59. The second kappa shape index (κ2) is 7.23. The van der Waals surface area contributed by atoms with Gasteiger partial charge in [-0.2, -0.15) is 0 Å². The molecule has 0 saturated heterocycles. The topological polar surface area (TPSA) is 66.9 Å². The fourth-order valence-corrected chi connectivity index (χ4v) is 2.20. The molecule has 8 heteroatoms. The number of aromatic nitrogens is 2. The van der Waals surface area contributed by atoms with Gasteiger partial charge in [-0.25, -0.2) is 8.78 Å². The second-order valence-corrected chi connectivity index (χ2v) is 5.45. The third kappa shape index (κ3) is 4.27. The maximum absolute atomic E-state index is 13.6. The molecule has 0 fully saturated rings. The van der Waals surface area contributed by atoms with Gasteiger partial charge in [0.25, 0.3) is 5.91 Å². The van der Waals surface area contributed by atoms with Crippen LogP contribution in [0.15, 0.2) is 54.6 Å². The lowest BCUT2D eigenvalue weighted by atomic mass is 10.2. The first kappa shape index (κ1) is 16.8. The van der Waals surface area contributed by atoms with E-state index in [9.17, 15) is 13.6 Å². The molecule has 0 spiro atoms. The van der Waals surface area contributed by atoms with Gasteiger partial charge in [-0.1, -0.05) is 17.7 Å². The van der Waals surface area contributed by atoms with Gasteiger partial charge in [-0.05, 0) is 42.5 Å². The van der Waals surface area contributed by atoms with Crippen molar-refractivity contribution in [2.24, 2.45) is 0 Å². The quantitative estimate of drug-likeness (QED) is 0.723. The average molecular weight is 361 g/mol. The van der Waals surface area contributed by atoms with Gasteiger partial charge in [0.15, 0.2) is 11.6 Å². The fourth-order valence-electron chi connectivity index (χ4n) is 2.01. The Labute approximate surface area is 146 Å². The summed E-state index contributed by atoms with van der Waals surface area (Å²) in [6.07, 6.45) is 0. The molecular formula is C17H11ClF2N4O. The lowest BCUT2D eigenvalue weighted by molar-refractivity contribution is 0.102. The van der Waals surface area contributed by atoms with Crippen molar-refractivity contribution in [3.8, 4) is 0 Å². The largest absolute Gasteiger partial charge is 0.336 e. The molecule has 2 N–H and O–H groups in total. The van der Waals surface area contributed by atoms with Crippen molar-refractivity contribution in [2.45, 2.75) is 0 Å². The minimum Gasteiger partial charge on any atom is -0.336 e. The monoisotopic (exact) mass is 360 g/mol. The maximum Gasteiger partial charge on any atom is 0.256 e. The predicted molar refractivity (Wildman–Crippen MR) is 91.1 cm³/mol. The van der Waals surface area contributed by atoms with Gasteiger partial charge in [0, 0.05) is 16.7 Å². The van der Waals surface area contributed by atoms with Gasteiger partial charge in [0.2, 0.25) is 0 Å². The van der Waals surface area contributed by atoms with Gasteiger partial charge in [0.05, 0.1) is 5.69 Å². The molecule has 5 nitrogen and oxygen atoms in total. The highest BCUT2D eigenvalue weighted by Gasteiger charge is 2.09. The molecule has 0 radical (unpaired) electrons. The Kier molecular flexibility index (Phi) is 4.85. The standard InChI is InChI=1S/C17H11ClF2N4O/c18-11-3-1-2-10(8-11)17(25)22-16-7-6-15(23-24-16)21-14-5-4-12(19)9-13(14)20/h1-9H,(H,21,23)(H,22,24,25). The fraction of sp³-hybridized carbons (Fsp3) is 0. The molecule has 0 bridgehead atoms. The van der Waals surface area contributed by atoms with E-state index in [1.807, 2.05) is 0 Å². The van der Waals surface area contributed by atoms with Crippen molar-refractivity contribution in [3.63, 3.8) is 0 Å². The van der Waals surface area contributed by atoms with Crippen LogP contribution in [0.4, 0.5) is 26.1 Å².